The lowest BCUT2D eigenvalue weighted by molar-refractivity contribution is 1.19. The zero-order valence-electron chi connectivity index (χ0n) is 9.84. The van der Waals surface area contributed by atoms with Crippen molar-refractivity contribution < 1.29 is 0 Å². The van der Waals surface area contributed by atoms with Crippen LogP contribution in [0, 0.1) is 11.3 Å². The lowest BCUT2D eigenvalue weighted by Gasteiger charge is -1.99. The Balaban J connectivity index is 2.22. The zero-order chi connectivity index (χ0) is 13.4. The van der Waals surface area contributed by atoms with E-state index in [1.54, 1.807) is 12.1 Å². The number of hydrogen-bond acceptors (Lipinski definition) is 3. The van der Waals surface area contributed by atoms with Crippen LogP contribution in [0.5, 0.6) is 0 Å². The maximum atomic E-state index is 8.80. The van der Waals surface area contributed by atoms with E-state index in [2.05, 4.69) is 27.0 Å². The van der Waals surface area contributed by atoms with Gasteiger partial charge in [0.05, 0.1) is 16.1 Å². The number of fused-ring (bicyclic) bond motifs is 1. The van der Waals surface area contributed by atoms with Gasteiger partial charge >= 0.3 is 0 Å². The van der Waals surface area contributed by atoms with Crippen LogP contribution in [0.1, 0.15) is 5.56 Å². The number of imidazole rings is 1. The number of nitrogen functional groups attached to an aromatic ring is 1. The zero-order valence-corrected chi connectivity index (χ0v) is 11.4. The van der Waals surface area contributed by atoms with Crippen molar-refractivity contribution in [3.05, 3.63) is 52.6 Å². The summed E-state index contributed by atoms with van der Waals surface area (Å²) in [4.78, 5) is 4.55. The number of nitrogens with two attached hydrogens (primary N) is 1. The summed E-state index contributed by atoms with van der Waals surface area (Å²) in [7, 11) is 0. The van der Waals surface area contributed by atoms with Crippen molar-refractivity contribution in [1.29, 1.82) is 5.26 Å². The van der Waals surface area contributed by atoms with Crippen LogP contribution >= 0.6 is 15.9 Å². The second kappa shape index (κ2) is 4.41. The van der Waals surface area contributed by atoms with Gasteiger partial charge in [-0.2, -0.15) is 5.26 Å². The summed E-state index contributed by atoms with van der Waals surface area (Å²) in [5.74, 6) is 0.584. The first kappa shape index (κ1) is 11.8. The second-order valence-electron chi connectivity index (χ2n) is 4.08. The van der Waals surface area contributed by atoms with Crippen LogP contribution in [0.4, 0.5) is 5.82 Å². The first-order chi connectivity index (χ1) is 9.20. The Bertz CT molecular complexity index is 797. The van der Waals surface area contributed by atoms with Crippen molar-refractivity contribution in [1.82, 2.24) is 9.38 Å². The van der Waals surface area contributed by atoms with Crippen LogP contribution in [0.2, 0.25) is 0 Å². The summed E-state index contributed by atoms with van der Waals surface area (Å²) >= 11 is 3.46. The summed E-state index contributed by atoms with van der Waals surface area (Å²) in [5, 5.41) is 8.80. The number of nitrogens with zero attached hydrogens (tertiary/aromatic N) is 3. The fraction of sp³-hybridized carbons (Fsp3) is 0. The summed E-state index contributed by atoms with van der Waals surface area (Å²) in [6, 6.07) is 13.1. The number of rotatable bonds is 1. The smallest absolute Gasteiger partial charge is 0.153 e. The largest absolute Gasteiger partial charge is 0.383 e. The Labute approximate surface area is 118 Å². The van der Waals surface area contributed by atoms with Gasteiger partial charge < -0.3 is 5.73 Å². The van der Waals surface area contributed by atoms with E-state index in [9.17, 15) is 0 Å². The molecule has 0 radical (unpaired) electrons. The predicted molar refractivity (Wildman–Crippen MR) is 77.5 cm³/mol. The third-order valence-corrected chi connectivity index (χ3v) is 3.55. The molecule has 0 fully saturated rings. The van der Waals surface area contributed by atoms with E-state index in [1.165, 1.54) is 0 Å². The molecule has 92 valence electrons. The van der Waals surface area contributed by atoms with E-state index < -0.39 is 0 Å². The Morgan fingerprint density at radius 2 is 1.95 bits per heavy atom. The van der Waals surface area contributed by atoms with Gasteiger partial charge in [-0.15, -0.1) is 0 Å². The van der Waals surface area contributed by atoms with E-state index in [-0.39, 0.29) is 0 Å². The van der Waals surface area contributed by atoms with Gasteiger partial charge in [0, 0.05) is 11.8 Å². The summed E-state index contributed by atoms with van der Waals surface area (Å²) in [6.07, 6.45) is 1.87. The van der Waals surface area contributed by atoms with Crippen LogP contribution in [-0.2, 0) is 0 Å². The normalized spacial score (nSPS) is 10.5. The average molecular weight is 313 g/mol. The molecule has 2 aromatic heterocycles. The number of anilines is 1. The molecule has 0 aliphatic heterocycles. The van der Waals surface area contributed by atoms with Crippen LogP contribution < -0.4 is 5.73 Å². The fourth-order valence-corrected chi connectivity index (χ4v) is 2.40. The topological polar surface area (TPSA) is 67.1 Å². The third kappa shape index (κ3) is 1.86. The first-order valence-electron chi connectivity index (χ1n) is 5.63. The molecule has 0 saturated heterocycles. The highest BCUT2D eigenvalue weighted by Crippen LogP contribution is 2.29. The highest BCUT2D eigenvalue weighted by Gasteiger charge is 2.12. The van der Waals surface area contributed by atoms with Gasteiger partial charge in [0.25, 0.3) is 0 Å². The van der Waals surface area contributed by atoms with Crippen LogP contribution in [0.3, 0.4) is 0 Å². The minimum atomic E-state index is 0.584. The number of nitriles is 1. The lowest BCUT2D eigenvalue weighted by atomic mass is 10.1. The minimum absolute atomic E-state index is 0.584. The maximum absolute atomic E-state index is 8.80. The van der Waals surface area contributed by atoms with E-state index >= 15 is 0 Å². The van der Waals surface area contributed by atoms with Gasteiger partial charge in [0.1, 0.15) is 11.5 Å². The highest BCUT2D eigenvalue weighted by molar-refractivity contribution is 9.10. The maximum Gasteiger partial charge on any atom is 0.153 e. The molecule has 0 aliphatic rings. The van der Waals surface area contributed by atoms with Crippen molar-refractivity contribution in [2.45, 2.75) is 0 Å². The molecule has 0 spiro atoms. The molecule has 4 nitrogen and oxygen atoms in total. The van der Waals surface area contributed by atoms with E-state index in [1.807, 2.05) is 34.9 Å². The van der Waals surface area contributed by atoms with Gasteiger partial charge in [-0.1, -0.05) is 12.1 Å². The Morgan fingerprint density at radius 1 is 1.21 bits per heavy atom. The molecule has 0 aliphatic carbocycles. The molecule has 0 amide bonds. The molecule has 0 saturated carbocycles. The lowest BCUT2D eigenvalue weighted by Crippen LogP contribution is -1.93. The van der Waals surface area contributed by atoms with Crippen molar-refractivity contribution in [2.75, 3.05) is 5.73 Å². The predicted octanol–water partition coefficient (Wildman–Crippen LogP) is 3.22. The SMILES string of the molecule is N#Cc1ccc(-c2nc3c(Br)cccn3c2N)cc1. The fourth-order valence-electron chi connectivity index (χ4n) is 1.97. The molecule has 2 heterocycles. The van der Waals surface area contributed by atoms with Gasteiger partial charge in [-0.3, -0.25) is 4.40 Å². The van der Waals surface area contributed by atoms with Gasteiger partial charge in [-0.25, -0.2) is 4.98 Å². The standard InChI is InChI=1S/C14H9BrN4/c15-11-2-1-7-19-13(17)12(18-14(11)19)10-5-3-9(8-16)4-6-10/h1-7H,17H2. The van der Waals surface area contributed by atoms with Gasteiger partial charge in [0.2, 0.25) is 0 Å². The molecular formula is C14H9BrN4. The van der Waals surface area contributed by atoms with E-state index in [4.69, 9.17) is 11.0 Å². The van der Waals surface area contributed by atoms with Crippen LogP contribution in [0.25, 0.3) is 16.9 Å². The average Bonchev–Trinajstić information content (AvgIpc) is 2.78. The number of pyridine rings is 1. The first-order valence-corrected chi connectivity index (χ1v) is 6.42. The van der Waals surface area contributed by atoms with Crippen molar-refractivity contribution in [2.24, 2.45) is 0 Å². The molecule has 0 unspecified atom stereocenters. The number of halogens is 1. The van der Waals surface area contributed by atoms with Crippen LogP contribution in [0.15, 0.2) is 47.1 Å². The molecule has 3 rings (SSSR count). The van der Waals surface area contributed by atoms with Gasteiger partial charge in [0.15, 0.2) is 5.65 Å². The second-order valence-corrected chi connectivity index (χ2v) is 4.94. The molecule has 2 N–H and O–H groups in total. The molecule has 0 bridgehead atoms. The van der Waals surface area contributed by atoms with E-state index in [0.29, 0.717) is 11.4 Å². The van der Waals surface area contributed by atoms with Crippen molar-refractivity contribution in [3.8, 4) is 17.3 Å². The molecule has 3 aromatic rings. The number of benzene rings is 1. The summed E-state index contributed by atoms with van der Waals surface area (Å²) in [6.45, 7) is 0. The number of hydrogen-bond donors (Lipinski definition) is 1. The molecule has 5 heteroatoms. The van der Waals surface area contributed by atoms with Crippen molar-refractivity contribution >= 4 is 27.4 Å². The highest BCUT2D eigenvalue weighted by atomic mass is 79.9. The van der Waals surface area contributed by atoms with Crippen LogP contribution in [-0.4, -0.2) is 9.38 Å². The van der Waals surface area contributed by atoms with E-state index in [0.717, 1.165) is 21.4 Å². The number of aromatic nitrogens is 2. The third-order valence-electron chi connectivity index (χ3n) is 2.93. The summed E-state index contributed by atoms with van der Waals surface area (Å²) < 4.78 is 2.72. The monoisotopic (exact) mass is 312 g/mol. The summed E-state index contributed by atoms with van der Waals surface area (Å²) in [5.41, 5.74) is 9.13. The Hall–Kier alpha value is -2.32. The molecular weight excluding hydrogens is 304 g/mol. The Kier molecular flexibility index (Phi) is 2.73. The quantitative estimate of drug-likeness (QED) is 0.750. The molecule has 19 heavy (non-hydrogen) atoms. The Morgan fingerprint density at radius 3 is 2.58 bits per heavy atom. The molecule has 1 aromatic carbocycles. The van der Waals surface area contributed by atoms with Gasteiger partial charge in [-0.05, 0) is 40.2 Å². The minimum Gasteiger partial charge on any atom is -0.383 e. The van der Waals surface area contributed by atoms with Crippen molar-refractivity contribution in [3.63, 3.8) is 0 Å². The molecule has 0 atom stereocenters.